The molecular weight excluding hydrogens is 425 g/mol. The van der Waals surface area contributed by atoms with E-state index in [-0.39, 0.29) is 23.4 Å². The van der Waals surface area contributed by atoms with Gasteiger partial charge in [0.25, 0.3) is 5.91 Å². The van der Waals surface area contributed by atoms with Crippen molar-refractivity contribution < 1.29 is 32.7 Å². The lowest BCUT2D eigenvalue weighted by Crippen LogP contribution is -2.35. The largest absolute Gasteiger partial charge is 0.481 e. The number of halogens is 3. The Balaban J connectivity index is 1.76. The summed E-state index contributed by atoms with van der Waals surface area (Å²) >= 11 is 0. The lowest BCUT2D eigenvalue weighted by atomic mass is 9.79. The van der Waals surface area contributed by atoms with Gasteiger partial charge in [0, 0.05) is 5.56 Å². The highest BCUT2D eigenvalue weighted by Gasteiger charge is 2.35. The van der Waals surface area contributed by atoms with Crippen LogP contribution in [0, 0.1) is 11.8 Å². The summed E-state index contributed by atoms with van der Waals surface area (Å²) in [5.41, 5.74) is 0.561. The fourth-order valence-electron chi connectivity index (χ4n) is 3.54. The summed E-state index contributed by atoms with van der Waals surface area (Å²) in [4.78, 5) is 36.9. The predicted octanol–water partition coefficient (Wildman–Crippen LogP) is 4.95. The van der Waals surface area contributed by atoms with Crippen molar-refractivity contribution >= 4 is 29.2 Å². The van der Waals surface area contributed by atoms with Crippen molar-refractivity contribution in [3.63, 3.8) is 0 Å². The summed E-state index contributed by atoms with van der Waals surface area (Å²) in [6, 6.07) is 10.1. The lowest BCUT2D eigenvalue weighted by Gasteiger charge is -2.27. The lowest BCUT2D eigenvalue weighted by molar-refractivity contribution is -0.146. The molecule has 2 amide bonds. The highest BCUT2D eigenvalue weighted by atomic mass is 19.4. The molecule has 9 heteroatoms. The highest BCUT2D eigenvalue weighted by Crippen LogP contribution is 2.32. The Kier molecular flexibility index (Phi) is 6.67. The Morgan fingerprint density at radius 3 is 2.09 bits per heavy atom. The first-order valence-corrected chi connectivity index (χ1v) is 9.83. The van der Waals surface area contributed by atoms with Gasteiger partial charge in [-0.1, -0.05) is 23.8 Å². The van der Waals surface area contributed by atoms with Crippen LogP contribution in [0.25, 0.3) is 0 Å². The van der Waals surface area contributed by atoms with Crippen LogP contribution in [0.1, 0.15) is 35.7 Å². The number of benzene rings is 2. The van der Waals surface area contributed by atoms with E-state index in [0.717, 1.165) is 29.8 Å². The Labute approximate surface area is 182 Å². The number of rotatable bonds is 5. The topological polar surface area (TPSA) is 95.5 Å². The highest BCUT2D eigenvalue weighted by molar-refractivity contribution is 6.07. The summed E-state index contributed by atoms with van der Waals surface area (Å²) in [6.07, 6.45) is -2.14. The van der Waals surface area contributed by atoms with E-state index in [9.17, 15) is 32.7 Å². The predicted molar refractivity (Wildman–Crippen MR) is 112 cm³/mol. The smallest absolute Gasteiger partial charge is 0.416 e. The Hall–Kier alpha value is -3.62. The first kappa shape index (κ1) is 23.1. The van der Waals surface area contributed by atoms with Gasteiger partial charge < -0.3 is 15.7 Å². The first-order chi connectivity index (χ1) is 15.1. The standard InChI is InChI=1S/C23H21F3N2O4/c1-13-6-11-16(22(31)32)17(12-13)21(30)28-19-5-3-2-4-18(19)27-20(29)14-7-9-15(10-8-14)23(24,25)26/h2-10,16-17H,11-12H2,1H3,(H,27,29)(H,28,30)(H,31,32)/t16-,17-/m0/s1. The third kappa shape index (κ3) is 5.35. The Morgan fingerprint density at radius 2 is 1.53 bits per heavy atom. The number of amides is 2. The molecular formula is C23H21F3N2O4. The average Bonchev–Trinajstić information content (AvgIpc) is 2.74. The van der Waals surface area contributed by atoms with Crippen LogP contribution in [-0.4, -0.2) is 22.9 Å². The number of para-hydroxylation sites is 2. The van der Waals surface area contributed by atoms with Crippen LogP contribution in [0.3, 0.4) is 0 Å². The molecule has 0 spiro atoms. The fourth-order valence-corrected chi connectivity index (χ4v) is 3.54. The minimum atomic E-state index is -4.51. The summed E-state index contributed by atoms with van der Waals surface area (Å²) in [7, 11) is 0. The maximum atomic E-state index is 12.8. The molecule has 0 saturated carbocycles. The molecule has 0 heterocycles. The normalized spacial score (nSPS) is 18.4. The van der Waals surface area contributed by atoms with E-state index in [1.54, 1.807) is 24.3 Å². The molecule has 2 aromatic rings. The van der Waals surface area contributed by atoms with Crippen LogP contribution in [0.4, 0.5) is 24.5 Å². The van der Waals surface area contributed by atoms with Gasteiger partial charge in [0.05, 0.1) is 28.8 Å². The molecule has 6 nitrogen and oxygen atoms in total. The number of carboxylic acids is 1. The maximum absolute atomic E-state index is 12.8. The molecule has 3 rings (SSSR count). The molecule has 1 aliphatic rings. The van der Waals surface area contributed by atoms with Crippen LogP contribution >= 0.6 is 0 Å². The van der Waals surface area contributed by atoms with Gasteiger partial charge in [-0.25, -0.2) is 0 Å². The number of alkyl halides is 3. The third-order valence-corrected chi connectivity index (χ3v) is 5.31. The van der Waals surface area contributed by atoms with Crippen molar-refractivity contribution in [3.8, 4) is 0 Å². The number of anilines is 2. The number of carboxylic acid groups (broad SMARTS) is 1. The van der Waals surface area contributed by atoms with E-state index in [0.29, 0.717) is 6.42 Å². The second-order valence-electron chi connectivity index (χ2n) is 7.61. The zero-order valence-electron chi connectivity index (χ0n) is 17.1. The van der Waals surface area contributed by atoms with E-state index in [1.807, 2.05) is 6.92 Å². The summed E-state index contributed by atoms with van der Waals surface area (Å²) in [5, 5.41) is 14.7. The molecule has 168 valence electrons. The fraction of sp³-hybridized carbons (Fsp3) is 0.261. The van der Waals surface area contributed by atoms with Crippen molar-refractivity contribution in [1.29, 1.82) is 0 Å². The molecule has 0 bridgehead atoms. The van der Waals surface area contributed by atoms with Crippen LogP contribution in [0.2, 0.25) is 0 Å². The van der Waals surface area contributed by atoms with E-state index in [2.05, 4.69) is 10.6 Å². The second-order valence-corrected chi connectivity index (χ2v) is 7.61. The van der Waals surface area contributed by atoms with Gasteiger partial charge >= 0.3 is 12.1 Å². The summed E-state index contributed by atoms with van der Waals surface area (Å²) < 4.78 is 38.1. The van der Waals surface area contributed by atoms with E-state index in [1.165, 1.54) is 6.07 Å². The molecule has 0 aliphatic heterocycles. The number of hydrogen-bond donors (Lipinski definition) is 3. The number of carbonyl (C=O) groups excluding carboxylic acids is 2. The van der Waals surface area contributed by atoms with Gasteiger partial charge in [0.2, 0.25) is 5.91 Å². The van der Waals surface area contributed by atoms with Crippen LogP contribution in [0.15, 0.2) is 60.2 Å². The number of nitrogens with one attached hydrogen (secondary N) is 2. The molecule has 0 fully saturated rings. The van der Waals surface area contributed by atoms with Crippen LogP contribution in [0.5, 0.6) is 0 Å². The van der Waals surface area contributed by atoms with Gasteiger partial charge in [-0.05, 0) is 56.2 Å². The first-order valence-electron chi connectivity index (χ1n) is 9.83. The quantitative estimate of drug-likeness (QED) is 0.566. The van der Waals surface area contributed by atoms with Gasteiger partial charge in [0.15, 0.2) is 0 Å². The monoisotopic (exact) mass is 446 g/mol. The second kappa shape index (κ2) is 9.25. The minimum Gasteiger partial charge on any atom is -0.481 e. The van der Waals surface area contributed by atoms with Gasteiger partial charge in [-0.15, -0.1) is 0 Å². The van der Waals surface area contributed by atoms with Crippen LogP contribution < -0.4 is 10.6 Å². The number of allylic oxidation sites excluding steroid dienone is 2. The number of aliphatic carboxylic acids is 1. The molecule has 32 heavy (non-hydrogen) atoms. The molecule has 0 aromatic heterocycles. The zero-order chi connectivity index (χ0) is 23.5. The molecule has 3 N–H and O–H groups in total. The molecule has 0 saturated heterocycles. The maximum Gasteiger partial charge on any atom is 0.416 e. The zero-order valence-corrected chi connectivity index (χ0v) is 17.1. The molecule has 2 atom stereocenters. The van der Waals surface area contributed by atoms with E-state index in [4.69, 9.17) is 0 Å². The summed E-state index contributed by atoms with van der Waals surface area (Å²) in [6.45, 7) is 1.83. The third-order valence-electron chi connectivity index (χ3n) is 5.31. The van der Waals surface area contributed by atoms with Gasteiger partial charge in [-0.3, -0.25) is 14.4 Å². The Bertz CT molecular complexity index is 1060. The van der Waals surface area contributed by atoms with Crippen molar-refractivity contribution in [2.24, 2.45) is 11.8 Å². The van der Waals surface area contributed by atoms with Crippen molar-refractivity contribution in [3.05, 3.63) is 71.3 Å². The van der Waals surface area contributed by atoms with Crippen molar-refractivity contribution in [1.82, 2.24) is 0 Å². The van der Waals surface area contributed by atoms with E-state index < -0.39 is 41.4 Å². The van der Waals surface area contributed by atoms with Gasteiger partial charge in [0.1, 0.15) is 0 Å². The molecule has 1 aliphatic carbocycles. The molecule has 0 unspecified atom stereocenters. The average molecular weight is 446 g/mol. The SMILES string of the molecule is CC1=CC[C@H](C(=O)O)[C@@H](C(=O)Nc2ccccc2NC(=O)c2ccc(C(F)(F)F)cc2)C1. The molecule has 2 aromatic carbocycles. The Morgan fingerprint density at radius 1 is 0.938 bits per heavy atom. The van der Waals surface area contributed by atoms with Crippen LogP contribution in [-0.2, 0) is 15.8 Å². The molecule has 0 radical (unpaired) electrons. The van der Waals surface area contributed by atoms with Crippen molar-refractivity contribution in [2.45, 2.75) is 25.9 Å². The van der Waals surface area contributed by atoms with E-state index >= 15 is 0 Å². The number of carbonyl (C=O) groups is 3. The minimum absolute atomic E-state index is 0.0121. The van der Waals surface area contributed by atoms with Gasteiger partial charge in [-0.2, -0.15) is 13.2 Å². The summed E-state index contributed by atoms with van der Waals surface area (Å²) in [5.74, 6) is -3.82. The van der Waals surface area contributed by atoms with Crippen molar-refractivity contribution in [2.75, 3.05) is 10.6 Å². The number of hydrogen-bond acceptors (Lipinski definition) is 3.